The molecule has 1 heterocycles. The van der Waals surface area contributed by atoms with E-state index in [4.69, 9.17) is 4.42 Å². The lowest BCUT2D eigenvalue weighted by atomic mass is 9.83. The van der Waals surface area contributed by atoms with Crippen molar-refractivity contribution in [3.63, 3.8) is 0 Å². The molecule has 0 bridgehead atoms. The fraction of sp³-hybridized carbons (Fsp3) is 0. The van der Waals surface area contributed by atoms with Crippen molar-refractivity contribution in [2.24, 2.45) is 0 Å². The Kier molecular flexibility index (Phi) is 5.84. The Morgan fingerprint density at radius 3 is 1.40 bits per heavy atom. The van der Waals surface area contributed by atoms with Crippen LogP contribution in [0.25, 0.3) is 121 Å². The van der Waals surface area contributed by atoms with Gasteiger partial charge in [-0.05, 0) is 123 Å². The van der Waals surface area contributed by atoms with Crippen LogP contribution in [0, 0.1) is 0 Å². The van der Waals surface area contributed by atoms with E-state index < -0.39 is 0 Å². The van der Waals surface area contributed by atoms with Gasteiger partial charge in [-0.2, -0.15) is 0 Å². The van der Waals surface area contributed by atoms with E-state index in [1.807, 2.05) is 0 Å². The number of hydrogen-bond donors (Lipinski definition) is 0. The summed E-state index contributed by atoms with van der Waals surface area (Å²) in [5.41, 5.74) is 14.5. The topological polar surface area (TPSA) is 13.1 Å². The Labute approximate surface area is 306 Å². The van der Waals surface area contributed by atoms with Crippen LogP contribution in [0.5, 0.6) is 0 Å². The molecule has 0 aliphatic heterocycles. The standard InChI is InChI=1S/C52H30O/c1-2-13-32-30-49-47(28-31(32)12-1)46-29-33(24-27-48(46)53-49)50-39-18-7-9-20-41(39)52(42-21-10-8-19-40(42)50)45-26-25-44-37-17-6-4-15-35(37)34-14-3-5-16-36(34)38-22-11-23-43(45)51(38)44/h1-30H. The monoisotopic (exact) mass is 670 g/mol. The van der Waals surface area contributed by atoms with E-state index in [2.05, 4.69) is 182 Å². The maximum Gasteiger partial charge on any atom is 0.136 e. The fourth-order valence-corrected chi connectivity index (χ4v) is 9.33. The van der Waals surface area contributed by atoms with Gasteiger partial charge in [-0.25, -0.2) is 0 Å². The maximum atomic E-state index is 6.43. The summed E-state index contributed by atoms with van der Waals surface area (Å²) in [6.45, 7) is 0. The Hall–Kier alpha value is -6.96. The highest BCUT2D eigenvalue weighted by Gasteiger charge is 2.24. The molecular weight excluding hydrogens is 641 g/mol. The minimum Gasteiger partial charge on any atom is -0.456 e. The lowest BCUT2D eigenvalue weighted by Crippen LogP contribution is -1.93. The first-order valence-corrected chi connectivity index (χ1v) is 18.3. The SMILES string of the molecule is c1ccc2c(c1)-c1ccccc1-c1ccc(-c3c4ccccc4c(-c4ccc5oc6cc7ccccc7cc6c5c4)c4ccccc34)c3cccc-2c13. The van der Waals surface area contributed by atoms with Gasteiger partial charge in [-0.1, -0.05) is 158 Å². The molecule has 10 aromatic carbocycles. The summed E-state index contributed by atoms with van der Waals surface area (Å²) in [6.07, 6.45) is 0. The van der Waals surface area contributed by atoms with Crippen LogP contribution in [0.15, 0.2) is 186 Å². The summed E-state index contributed by atoms with van der Waals surface area (Å²) in [7, 11) is 0. The van der Waals surface area contributed by atoms with Crippen molar-refractivity contribution in [3.05, 3.63) is 182 Å². The molecular formula is C52H30O. The van der Waals surface area contributed by atoms with Crippen LogP contribution < -0.4 is 0 Å². The third-order valence-corrected chi connectivity index (χ3v) is 11.6. The Morgan fingerprint density at radius 2 is 0.736 bits per heavy atom. The first-order valence-electron chi connectivity index (χ1n) is 18.3. The van der Waals surface area contributed by atoms with Crippen molar-refractivity contribution in [1.82, 2.24) is 0 Å². The van der Waals surface area contributed by atoms with E-state index in [0.29, 0.717) is 0 Å². The van der Waals surface area contributed by atoms with Crippen LogP contribution in [0.1, 0.15) is 0 Å². The van der Waals surface area contributed by atoms with Gasteiger partial charge >= 0.3 is 0 Å². The second-order valence-corrected chi connectivity index (χ2v) is 14.3. The normalized spacial score (nSPS) is 12.2. The summed E-state index contributed by atoms with van der Waals surface area (Å²) < 4.78 is 6.43. The molecule has 1 aromatic heterocycles. The summed E-state index contributed by atoms with van der Waals surface area (Å²) >= 11 is 0. The van der Waals surface area contributed by atoms with E-state index in [-0.39, 0.29) is 0 Å². The van der Waals surface area contributed by atoms with E-state index in [1.54, 1.807) is 0 Å². The molecule has 0 atom stereocenters. The van der Waals surface area contributed by atoms with Crippen LogP contribution in [-0.4, -0.2) is 0 Å². The smallest absolute Gasteiger partial charge is 0.136 e. The average Bonchev–Trinajstić information content (AvgIpc) is 3.52. The second kappa shape index (κ2) is 10.8. The molecule has 0 fully saturated rings. The van der Waals surface area contributed by atoms with Gasteiger partial charge in [0.15, 0.2) is 0 Å². The zero-order chi connectivity index (χ0) is 34.6. The number of hydrogen-bond acceptors (Lipinski definition) is 1. The summed E-state index contributed by atoms with van der Waals surface area (Å²) in [5.74, 6) is 0. The molecule has 0 amide bonds. The van der Waals surface area contributed by atoms with E-state index in [1.165, 1.54) is 98.7 Å². The summed E-state index contributed by atoms with van der Waals surface area (Å²) in [6, 6.07) is 67.0. The zero-order valence-corrected chi connectivity index (χ0v) is 28.7. The largest absolute Gasteiger partial charge is 0.456 e. The van der Waals surface area contributed by atoms with Crippen LogP contribution >= 0.6 is 0 Å². The van der Waals surface area contributed by atoms with Crippen molar-refractivity contribution < 1.29 is 4.42 Å². The van der Waals surface area contributed by atoms with Gasteiger partial charge in [-0.3, -0.25) is 0 Å². The number of benzene rings is 10. The van der Waals surface area contributed by atoms with Gasteiger partial charge in [-0.15, -0.1) is 0 Å². The van der Waals surface area contributed by atoms with Crippen LogP contribution in [0.2, 0.25) is 0 Å². The minimum atomic E-state index is 0.909. The number of furan rings is 1. The molecule has 0 unspecified atom stereocenters. The molecule has 244 valence electrons. The predicted molar refractivity (Wildman–Crippen MR) is 224 cm³/mol. The molecule has 0 radical (unpaired) electrons. The molecule has 1 heteroatoms. The summed E-state index contributed by atoms with van der Waals surface area (Å²) in [5, 5.41) is 12.3. The second-order valence-electron chi connectivity index (χ2n) is 14.3. The number of rotatable bonds is 2. The predicted octanol–water partition coefficient (Wildman–Crippen LogP) is 14.8. The first kappa shape index (κ1) is 28.7. The minimum absolute atomic E-state index is 0.909. The van der Waals surface area contributed by atoms with Crippen molar-refractivity contribution in [2.45, 2.75) is 0 Å². The van der Waals surface area contributed by atoms with E-state index >= 15 is 0 Å². The van der Waals surface area contributed by atoms with E-state index in [9.17, 15) is 0 Å². The zero-order valence-electron chi connectivity index (χ0n) is 28.7. The molecule has 53 heavy (non-hydrogen) atoms. The van der Waals surface area contributed by atoms with Gasteiger partial charge < -0.3 is 4.42 Å². The Balaban J connectivity index is 1.16. The van der Waals surface area contributed by atoms with Gasteiger partial charge in [0, 0.05) is 10.8 Å². The third kappa shape index (κ3) is 4.02. The van der Waals surface area contributed by atoms with Gasteiger partial charge in [0.1, 0.15) is 11.2 Å². The van der Waals surface area contributed by atoms with Crippen LogP contribution in [0.4, 0.5) is 0 Å². The molecule has 12 rings (SSSR count). The van der Waals surface area contributed by atoms with Crippen molar-refractivity contribution in [3.8, 4) is 55.6 Å². The van der Waals surface area contributed by atoms with Gasteiger partial charge in [0.2, 0.25) is 0 Å². The fourth-order valence-electron chi connectivity index (χ4n) is 9.33. The average molecular weight is 671 g/mol. The van der Waals surface area contributed by atoms with E-state index in [0.717, 1.165) is 21.9 Å². The first-order chi connectivity index (χ1) is 26.3. The molecule has 0 saturated carbocycles. The molecule has 1 aliphatic rings. The molecule has 1 nitrogen and oxygen atoms in total. The third-order valence-electron chi connectivity index (χ3n) is 11.6. The quantitative estimate of drug-likeness (QED) is 0.167. The van der Waals surface area contributed by atoms with Crippen molar-refractivity contribution >= 4 is 65.0 Å². The number of fused-ring (bicyclic) bond motifs is 11. The lowest BCUT2D eigenvalue weighted by molar-refractivity contribution is 0.669. The van der Waals surface area contributed by atoms with Gasteiger partial charge in [0.25, 0.3) is 0 Å². The molecule has 0 N–H and O–H groups in total. The highest BCUT2D eigenvalue weighted by Crippen LogP contribution is 2.51. The Bertz CT molecular complexity index is 3230. The maximum absolute atomic E-state index is 6.43. The molecule has 1 aliphatic carbocycles. The highest BCUT2D eigenvalue weighted by molar-refractivity contribution is 6.26. The highest BCUT2D eigenvalue weighted by atomic mass is 16.3. The lowest BCUT2D eigenvalue weighted by Gasteiger charge is -2.20. The van der Waals surface area contributed by atoms with Crippen LogP contribution in [0.3, 0.4) is 0 Å². The molecule has 11 aromatic rings. The summed E-state index contributed by atoms with van der Waals surface area (Å²) in [4.78, 5) is 0. The van der Waals surface area contributed by atoms with Crippen LogP contribution in [-0.2, 0) is 0 Å². The van der Waals surface area contributed by atoms with Gasteiger partial charge in [0.05, 0.1) is 0 Å². The van der Waals surface area contributed by atoms with Crippen molar-refractivity contribution in [1.29, 1.82) is 0 Å². The molecule has 0 spiro atoms. The Morgan fingerprint density at radius 1 is 0.264 bits per heavy atom. The van der Waals surface area contributed by atoms with Crippen molar-refractivity contribution in [2.75, 3.05) is 0 Å². The molecule has 0 saturated heterocycles.